The summed E-state index contributed by atoms with van der Waals surface area (Å²) < 4.78 is 25.6. The van der Waals surface area contributed by atoms with Gasteiger partial charge in [-0.3, -0.25) is 4.79 Å². The van der Waals surface area contributed by atoms with Crippen LogP contribution in [0.25, 0.3) is 0 Å². The lowest BCUT2D eigenvalue weighted by molar-refractivity contribution is -0.121. The van der Waals surface area contributed by atoms with Crippen LogP contribution in [0.2, 0.25) is 5.02 Å². The van der Waals surface area contributed by atoms with Gasteiger partial charge in [0.05, 0.1) is 11.4 Å². The average Bonchev–Trinajstić information content (AvgIpc) is 2.91. The Bertz CT molecular complexity index is 598. The van der Waals surface area contributed by atoms with E-state index in [2.05, 4.69) is 10.6 Å². The Morgan fingerprint density at radius 1 is 1.43 bits per heavy atom. The lowest BCUT2D eigenvalue weighted by Crippen LogP contribution is -2.43. The van der Waals surface area contributed by atoms with Crippen molar-refractivity contribution in [2.75, 3.05) is 26.7 Å². The molecule has 1 aliphatic rings. The second kappa shape index (κ2) is 6.74. The van der Waals surface area contributed by atoms with Crippen molar-refractivity contribution in [2.45, 2.75) is 17.4 Å². The Balaban J connectivity index is 1.99. The van der Waals surface area contributed by atoms with E-state index in [0.717, 1.165) is 23.8 Å². The van der Waals surface area contributed by atoms with Gasteiger partial charge < -0.3 is 10.6 Å². The fraction of sp³-hybridized carbons (Fsp3) is 0.462. The molecule has 1 heterocycles. The summed E-state index contributed by atoms with van der Waals surface area (Å²) in [6, 6.07) is 5.93. The summed E-state index contributed by atoms with van der Waals surface area (Å²) in [4.78, 5) is 12.0. The highest BCUT2D eigenvalue weighted by Crippen LogP contribution is 2.17. The van der Waals surface area contributed by atoms with Crippen molar-refractivity contribution in [3.63, 3.8) is 0 Å². The zero-order valence-corrected chi connectivity index (χ0v) is 13.2. The average molecular weight is 332 g/mol. The number of rotatable bonds is 5. The molecule has 1 aromatic carbocycles. The number of carbonyl (C=O) groups is 1. The van der Waals surface area contributed by atoms with Crippen LogP contribution < -0.4 is 10.6 Å². The molecule has 0 saturated carbocycles. The van der Waals surface area contributed by atoms with Crippen LogP contribution in [0, 0.1) is 0 Å². The molecular weight excluding hydrogens is 314 g/mol. The summed E-state index contributed by atoms with van der Waals surface area (Å²) in [5.41, 5.74) is 0. The molecule has 2 rings (SSSR count). The molecule has 0 radical (unpaired) electrons. The molecule has 1 saturated heterocycles. The third-order valence-corrected chi connectivity index (χ3v) is 5.38. The van der Waals surface area contributed by atoms with Gasteiger partial charge in [0, 0.05) is 24.7 Å². The SMILES string of the molecule is CN(CC(=O)NC1CCNC1)S(=O)(=O)c1ccc(Cl)cc1. The predicted octanol–water partition coefficient (Wildman–Crippen LogP) is 0.439. The normalized spacial score (nSPS) is 18.9. The standard InChI is InChI=1S/C13H18ClN3O3S/c1-17(9-13(18)16-11-6-7-15-8-11)21(19,20)12-4-2-10(14)3-5-12/h2-5,11,15H,6-9H2,1H3,(H,16,18). The molecule has 0 bridgehead atoms. The number of likely N-dealkylation sites (N-methyl/N-ethyl adjacent to an activating group) is 1. The summed E-state index contributed by atoms with van der Waals surface area (Å²) in [5, 5.41) is 6.41. The van der Waals surface area contributed by atoms with E-state index in [-0.39, 0.29) is 23.4 Å². The number of carbonyl (C=O) groups excluding carboxylic acids is 1. The van der Waals surface area contributed by atoms with E-state index in [1.54, 1.807) is 0 Å². The van der Waals surface area contributed by atoms with Gasteiger partial charge in [-0.2, -0.15) is 4.31 Å². The number of nitrogens with zero attached hydrogens (tertiary/aromatic N) is 1. The van der Waals surface area contributed by atoms with Crippen molar-refractivity contribution < 1.29 is 13.2 Å². The first kappa shape index (κ1) is 16.2. The van der Waals surface area contributed by atoms with Gasteiger partial charge in [-0.1, -0.05) is 11.6 Å². The maximum Gasteiger partial charge on any atom is 0.243 e. The topological polar surface area (TPSA) is 78.5 Å². The van der Waals surface area contributed by atoms with Crippen LogP contribution >= 0.6 is 11.6 Å². The minimum absolute atomic E-state index is 0.0733. The molecule has 116 valence electrons. The van der Waals surface area contributed by atoms with E-state index in [0.29, 0.717) is 5.02 Å². The van der Waals surface area contributed by atoms with E-state index >= 15 is 0 Å². The van der Waals surface area contributed by atoms with E-state index < -0.39 is 10.0 Å². The summed E-state index contributed by atoms with van der Waals surface area (Å²) >= 11 is 5.74. The molecule has 0 spiro atoms. The highest BCUT2D eigenvalue weighted by molar-refractivity contribution is 7.89. The number of hydrogen-bond acceptors (Lipinski definition) is 4. The van der Waals surface area contributed by atoms with Crippen LogP contribution in [-0.2, 0) is 14.8 Å². The Morgan fingerprint density at radius 3 is 2.67 bits per heavy atom. The Labute approximate surface area is 129 Å². The number of hydrogen-bond donors (Lipinski definition) is 2. The van der Waals surface area contributed by atoms with Gasteiger partial charge in [0.25, 0.3) is 0 Å². The minimum Gasteiger partial charge on any atom is -0.351 e. The Hall–Kier alpha value is -1.15. The van der Waals surface area contributed by atoms with Crippen LogP contribution in [-0.4, -0.2) is 51.4 Å². The molecule has 1 aromatic rings. The highest BCUT2D eigenvalue weighted by atomic mass is 35.5. The van der Waals surface area contributed by atoms with Gasteiger partial charge in [0.1, 0.15) is 0 Å². The smallest absolute Gasteiger partial charge is 0.243 e. The molecule has 0 aliphatic carbocycles. The first-order chi connectivity index (χ1) is 9.89. The quantitative estimate of drug-likeness (QED) is 0.820. The largest absolute Gasteiger partial charge is 0.351 e. The molecule has 1 aliphatic heterocycles. The van der Waals surface area contributed by atoms with Crippen molar-refractivity contribution in [1.29, 1.82) is 0 Å². The maximum atomic E-state index is 12.3. The van der Waals surface area contributed by atoms with Crippen molar-refractivity contribution in [3.8, 4) is 0 Å². The first-order valence-electron chi connectivity index (χ1n) is 6.61. The second-order valence-electron chi connectivity index (χ2n) is 4.97. The second-order valence-corrected chi connectivity index (χ2v) is 7.45. The third-order valence-electron chi connectivity index (χ3n) is 3.31. The number of sulfonamides is 1. The maximum absolute atomic E-state index is 12.3. The zero-order chi connectivity index (χ0) is 15.5. The van der Waals surface area contributed by atoms with Gasteiger partial charge in [0.2, 0.25) is 15.9 Å². The molecule has 1 unspecified atom stereocenters. The fourth-order valence-electron chi connectivity index (χ4n) is 2.12. The molecule has 6 nitrogen and oxygen atoms in total. The predicted molar refractivity (Wildman–Crippen MR) is 80.7 cm³/mol. The highest BCUT2D eigenvalue weighted by Gasteiger charge is 2.24. The lowest BCUT2D eigenvalue weighted by Gasteiger charge is -2.18. The van der Waals surface area contributed by atoms with E-state index in [1.807, 2.05) is 0 Å². The van der Waals surface area contributed by atoms with Gasteiger partial charge >= 0.3 is 0 Å². The monoisotopic (exact) mass is 331 g/mol. The van der Waals surface area contributed by atoms with E-state index in [1.165, 1.54) is 31.3 Å². The minimum atomic E-state index is -3.69. The molecule has 8 heteroatoms. The molecule has 21 heavy (non-hydrogen) atoms. The summed E-state index contributed by atoms with van der Waals surface area (Å²) in [5.74, 6) is -0.302. The number of benzene rings is 1. The van der Waals surface area contributed by atoms with Crippen LogP contribution in [0.1, 0.15) is 6.42 Å². The van der Waals surface area contributed by atoms with Gasteiger partial charge in [0.15, 0.2) is 0 Å². The summed E-state index contributed by atoms with van der Waals surface area (Å²) in [6.07, 6.45) is 0.861. The van der Waals surface area contributed by atoms with Crippen LogP contribution in [0.4, 0.5) is 0 Å². The van der Waals surface area contributed by atoms with Crippen molar-refractivity contribution in [3.05, 3.63) is 29.3 Å². The first-order valence-corrected chi connectivity index (χ1v) is 8.43. The zero-order valence-electron chi connectivity index (χ0n) is 11.7. The number of halogens is 1. The third kappa shape index (κ3) is 4.16. The molecule has 1 fully saturated rings. The van der Waals surface area contributed by atoms with E-state index in [4.69, 9.17) is 11.6 Å². The van der Waals surface area contributed by atoms with Crippen molar-refractivity contribution in [2.24, 2.45) is 0 Å². The Morgan fingerprint density at radius 2 is 2.10 bits per heavy atom. The van der Waals surface area contributed by atoms with E-state index in [9.17, 15) is 13.2 Å². The van der Waals surface area contributed by atoms with Gasteiger partial charge in [-0.05, 0) is 37.2 Å². The van der Waals surface area contributed by atoms with Gasteiger partial charge in [-0.25, -0.2) is 8.42 Å². The van der Waals surface area contributed by atoms with Crippen LogP contribution in [0.5, 0.6) is 0 Å². The molecular formula is C13H18ClN3O3S. The van der Waals surface area contributed by atoms with Crippen LogP contribution in [0.15, 0.2) is 29.2 Å². The fourth-order valence-corrected chi connectivity index (χ4v) is 3.38. The molecule has 1 atom stereocenters. The summed E-state index contributed by atoms with van der Waals surface area (Å²) in [7, 11) is -2.30. The van der Waals surface area contributed by atoms with Crippen molar-refractivity contribution in [1.82, 2.24) is 14.9 Å². The van der Waals surface area contributed by atoms with Crippen molar-refractivity contribution >= 4 is 27.5 Å². The molecule has 0 aromatic heterocycles. The summed E-state index contributed by atoms with van der Waals surface area (Å²) in [6.45, 7) is 1.38. The van der Waals surface area contributed by atoms with Gasteiger partial charge in [-0.15, -0.1) is 0 Å². The number of nitrogens with one attached hydrogen (secondary N) is 2. The molecule has 1 amide bonds. The Kier molecular flexibility index (Phi) is 5.21. The molecule has 2 N–H and O–H groups in total. The number of amides is 1. The lowest BCUT2D eigenvalue weighted by atomic mass is 10.2. The van der Waals surface area contributed by atoms with Crippen LogP contribution in [0.3, 0.4) is 0 Å².